The van der Waals surface area contributed by atoms with Crippen LogP contribution in [-0.2, 0) is 16.6 Å². The van der Waals surface area contributed by atoms with Gasteiger partial charge in [0, 0.05) is 12.6 Å². The maximum absolute atomic E-state index is 12.4. The predicted octanol–water partition coefficient (Wildman–Crippen LogP) is 2.90. The minimum absolute atomic E-state index is 0.0677. The topological polar surface area (TPSA) is 58.2 Å². The lowest BCUT2D eigenvalue weighted by Crippen LogP contribution is -2.36. The zero-order valence-corrected chi connectivity index (χ0v) is 14.3. The van der Waals surface area contributed by atoms with E-state index in [-0.39, 0.29) is 6.04 Å². The number of sulfonamides is 1. The molecule has 0 saturated carbocycles. The van der Waals surface area contributed by atoms with Crippen molar-refractivity contribution in [3.63, 3.8) is 0 Å². The summed E-state index contributed by atoms with van der Waals surface area (Å²) in [7, 11) is -3.45. The predicted molar refractivity (Wildman–Crippen MR) is 87.7 cm³/mol. The van der Waals surface area contributed by atoms with Crippen LogP contribution in [-0.4, -0.2) is 21.0 Å². The minimum atomic E-state index is -3.45. The van der Waals surface area contributed by atoms with Crippen LogP contribution < -0.4 is 10.0 Å². The van der Waals surface area contributed by atoms with Crippen LogP contribution in [0, 0.1) is 5.92 Å². The van der Waals surface area contributed by atoms with Gasteiger partial charge in [-0.3, -0.25) is 0 Å². The first-order valence-corrected chi connectivity index (χ1v) is 9.21. The number of rotatable bonds is 9. The van der Waals surface area contributed by atoms with E-state index < -0.39 is 10.0 Å². The first kappa shape index (κ1) is 18.1. The summed E-state index contributed by atoms with van der Waals surface area (Å²) in [6, 6.07) is 7.07. The van der Waals surface area contributed by atoms with E-state index in [2.05, 4.69) is 30.8 Å². The number of nitrogens with one attached hydrogen (secondary N) is 2. The highest BCUT2D eigenvalue weighted by Gasteiger charge is 2.20. The summed E-state index contributed by atoms with van der Waals surface area (Å²) >= 11 is 0. The highest BCUT2D eigenvalue weighted by molar-refractivity contribution is 7.89. The van der Waals surface area contributed by atoms with E-state index in [1.807, 2.05) is 13.0 Å². The van der Waals surface area contributed by atoms with Crippen molar-refractivity contribution in [3.8, 4) is 0 Å². The molecule has 0 aliphatic heterocycles. The van der Waals surface area contributed by atoms with Crippen molar-refractivity contribution in [2.75, 3.05) is 6.54 Å². The standard InChI is InChI=1S/C16H28N2O2S/c1-5-10-17-12-15-8-7-9-16(11-15)21(19,20)18-14(4)13(3)6-2/h7-9,11,13-14,17-18H,5-6,10,12H2,1-4H3. The van der Waals surface area contributed by atoms with Gasteiger partial charge in [-0.15, -0.1) is 0 Å². The van der Waals surface area contributed by atoms with Gasteiger partial charge in [-0.25, -0.2) is 13.1 Å². The Morgan fingerprint density at radius 3 is 2.52 bits per heavy atom. The van der Waals surface area contributed by atoms with Gasteiger partial charge in [0.1, 0.15) is 0 Å². The fourth-order valence-electron chi connectivity index (χ4n) is 2.01. The average Bonchev–Trinajstić information content (AvgIpc) is 2.46. The third-order valence-electron chi connectivity index (χ3n) is 3.80. The van der Waals surface area contributed by atoms with Crippen molar-refractivity contribution < 1.29 is 8.42 Å². The molecule has 5 heteroatoms. The smallest absolute Gasteiger partial charge is 0.240 e. The zero-order valence-electron chi connectivity index (χ0n) is 13.5. The number of hydrogen-bond acceptors (Lipinski definition) is 3. The average molecular weight is 312 g/mol. The Morgan fingerprint density at radius 1 is 1.19 bits per heavy atom. The molecule has 120 valence electrons. The van der Waals surface area contributed by atoms with E-state index in [9.17, 15) is 8.42 Å². The maximum Gasteiger partial charge on any atom is 0.240 e. The molecule has 0 radical (unpaired) electrons. The molecule has 0 aliphatic rings. The van der Waals surface area contributed by atoms with Crippen LogP contribution in [0.1, 0.15) is 46.1 Å². The summed E-state index contributed by atoms with van der Waals surface area (Å²) in [5.74, 6) is 0.314. The lowest BCUT2D eigenvalue weighted by Gasteiger charge is -2.20. The third kappa shape index (κ3) is 5.77. The summed E-state index contributed by atoms with van der Waals surface area (Å²) in [6.07, 6.45) is 2.01. The van der Waals surface area contributed by atoms with Gasteiger partial charge in [0.2, 0.25) is 10.0 Å². The van der Waals surface area contributed by atoms with Gasteiger partial charge in [0.25, 0.3) is 0 Å². The van der Waals surface area contributed by atoms with Gasteiger partial charge in [0.15, 0.2) is 0 Å². The SMILES string of the molecule is CCCNCc1cccc(S(=O)(=O)NC(C)C(C)CC)c1. The Kier molecular flexibility index (Phi) is 7.35. The lowest BCUT2D eigenvalue weighted by molar-refractivity contribution is 0.434. The lowest BCUT2D eigenvalue weighted by atomic mass is 10.0. The van der Waals surface area contributed by atoms with Gasteiger partial charge in [-0.1, -0.05) is 39.3 Å². The fourth-order valence-corrected chi connectivity index (χ4v) is 3.44. The minimum Gasteiger partial charge on any atom is -0.313 e. The van der Waals surface area contributed by atoms with Gasteiger partial charge < -0.3 is 5.32 Å². The number of hydrogen-bond donors (Lipinski definition) is 2. The van der Waals surface area contributed by atoms with E-state index in [1.165, 1.54) is 0 Å². The van der Waals surface area contributed by atoms with Gasteiger partial charge in [-0.05, 0) is 43.5 Å². The molecule has 0 saturated heterocycles. The summed E-state index contributed by atoms with van der Waals surface area (Å²) in [5.41, 5.74) is 0.988. The summed E-state index contributed by atoms with van der Waals surface area (Å²) < 4.78 is 27.6. The fraction of sp³-hybridized carbons (Fsp3) is 0.625. The molecule has 1 aromatic rings. The molecule has 0 aromatic heterocycles. The monoisotopic (exact) mass is 312 g/mol. The van der Waals surface area contributed by atoms with E-state index in [0.29, 0.717) is 17.4 Å². The van der Waals surface area contributed by atoms with Crippen LogP contribution in [0.5, 0.6) is 0 Å². The van der Waals surface area contributed by atoms with Gasteiger partial charge >= 0.3 is 0 Å². The zero-order chi connectivity index (χ0) is 15.9. The Bertz CT molecular complexity index is 529. The molecule has 0 fully saturated rings. The second kappa shape index (κ2) is 8.51. The van der Waals surface area contributed by atoms with Crippen LogP contribution >= 0.6 is 0 Å². The molecule has 0 bridgehead atoms. The molecule has 2 atom stereocenters. The summed E-state index contributed by atoms with van der Waals surface area (Å²) in [6.45, 7) is 9.76. The van der Waals surface area contributed by atoms with E-state index in [1.54, 1.807) is 18.2 Å². The Labute approximate surface area is 129 Å². The first-order chi connectivity index (χ1) is 9.90. The maximum atomic E-state index is 12.4. The largest absolute Gasteiger partial charge is 0.313 e. The Balaban J connectivity index is 2.81. The molecule has 1 aromatic carbocycles. The normalized spacial score (nSPS) is 14.9. The second-order valence-corrected chi connectivity index (χ2v) is 7.33. The summed E-state index contributed by atoms with van der Waals surface area (Å²) in [4.78, 5) is 0.341. The van der Waals surface area contributed by atoms with Crippen molar-refractivity contribution in [2.24, 2.45) is 5.92 Å². The van der Waals surface area contributed by atoms with Crippen molar-refractivity contribution in [1.29, 1.82) is 0 Å². The molecule has 0 spiro atoms. The van der Waals surface area contributed by atoms with Crippen molar-refractivity contribution in [3.05, 3.63) is 29.8 Å². The molecule has 2 unspecified atom stereocenters. The molecule has 0 amide bonds. The van der Waals surface area contributed by atoms with Crippen molar-refractivity contribution in [1.82, 2.24) is 10.0 Å². The van der Waals surface area contributed by atoms with E-state index in [4.69, 9.17) is 0 Å². The second-order valence-electron chi connectivity index (χ2n) is 5.62. The highest BCUT2D eigenvalue weighted by Crippen LogP contribution is 2.15. The van der Waals surface area contributed by atoms with Crippen LogP contribution in [0.25, 0.3) is 0 Å². The van der Waals surface area contributed by atoms with Crippen LogP contribution in [0.3, 0.4) is 0 Å². The molecular weight excluding hydrogens is 284 g/mol. The Morgan fingerprint density at radius 2 is 1.90 bits per heavy atom. The molecule has 21 heavy (non-hydrogen) atoms. The van der Waals surface area contributed by atoms with Crippen LogP contribution in [0.4, 0.5) is 0 Å². The van der Waals surface area contributed by atoms with Crippen LogP contribution in [0.15, 0.2) is 29.2 Å². The van der Waals surface area contributed by atoms with Crippen molar-refractivity contribution in [2.45, 2.75) is 58.0 Å². The molecule has 2 N–H and O–H groups in total. The molecule has 0 aliphatic carbocycles. The summed E-state index contributed by atoms with van der Waals surface area (Å²) in [5, 5.41) is 3.28. The van der Waals surface area contributed by atoms with Crippen molar-refractivity contribution >= 4 is 10.0 Å². The molecular formula is C16H28N2O2S. The molecule has 1 rings (SSSR count). The first-order valence-electron chi connectivity index (χ1n) is 7.72. The molecule has 4 nitrogen and oxygen atoms in total. The Hall–Kier alpha value is -0.910. The quantitative estimate of drug-likeness (QED) is 0.689. The van der Waals surface area contributed by atoms with Gasteiger partial charge in [-0.2, -0.15) is 0 Å². The van der Waals surface area contributed by atoms with E-state index >= 15 is 0 Å². The third-order valence-corrected chi connectivity index (χ3v) is 5.36. The van der Waals surface area contributed by atoms with Crippen LogP contribution in [0.2, 0.25) is 0 Å². The van der Waals surface area contributed by atoms with E-state index in [0.717, 1.165) is 24.9 Å². The number of benzene rings is 1. The highest BCUT2D eigenvalue weighted by atomic mass is 32.2. The van der Waals surface area contributed by atoms with Gasteiger partial charge in [0.05, 0.1) is 4.90 Å². The molecule has 0 heterocycles.